The maximum Gasteiger partial charge on any atom is 0.408 e. The van der Waals surface area contributed by atoms with Gasteiger partial charge in [0, 0.05) is 6.54 Å². The third-order valence-electron chi connectivity index (χ3n) is 3.70. The number of benzene rings is 2. The number of carbonyl (C=O) groups is 1. The fourth-order valence-electron chi connectivity index (χ4n) is 2.89. The molecule has 1 amide bonds. The van der Waals surface area contributed by atoms with Crippen molar-refractivity contribution < 1.29 is 9.90 Å². The number of hydrogen-bond donors (Lipinski definition) is 1. The Labute approximate surface area is 112 Å². The summed E-state index contributed by atoms with van der Waals surface area (Å²) >= 11 is 0. The van der Waals surface area contributed by atoms with E-state index >= 15 is 0 Å². The van der Waals surface area contributed by atoms with Gasteiger partial charge >= 0.3 is 6.09 Å². The Balaban J connectivity index is 2.22. The van der Waals surface area contributed by atoms with Crippen molar-refractivity contribution in [2.45, 2.75) is 13.0 Å². The number of rotatable bonds is 2. The van der Waals surface area contributed by atoms with Gasteiger partial charge in [0.25, 0.3) is 0 Å². The van der Waals surface area contributed by atoms with E-state index in [-0.39, 0.29) is 6.04 Å². The van der Waals surface area contributed by atoms with E-state index in [9.17, 15) is 9.90 Å². The lowest BCUT2D eigenvalue weighted by molar-refractivity contribution is 0.136. The van der Waals surface area contributed by atoms with Gasteiger partial charge in [-0.15, -0.1) is 0 Å². The van der Waals surface area contributed by atoms with Crippen LogP contribution in [0.1, 0.15) is 24.1 Å². The minimum atomic E-state index is -0.876. The van der Waals surface area contributed by atoms with Gasteiger partial charge in [-0.3, -0.25) is 4.90 Å². The molecule has 0 atom stereocenters. The zero-order chi connectivity index (χ0) is 13.4. The van der Waals surface area contributed by atoms with E-state index in [1.165, 1.54) is 4.90 Å². The van der Waals surface area contributed by atoms with E-state index in [2.05, 4.69) is 12.1 Å². The fourth-order valence-corrected chi connectivity index (χ4v) is 2.89. The second-order valence-electron chi connectivity index (χ2n) is 4.65. The molecule has 3 nitrogen and oxygen atoms in total. The van der Waals surface area contributed by atoms with Crippen LogP contribution >= 0.6 is 0 Å². The molecule has 96 valence electrons. The second kappa shape index (κ2) is 4.43. The number of nitrogens with zero attached hydrogens (tertiary/aromatic N) is 1. The van der Waals surface area contributed by atoms with Crippen LogP contribution in [0, 0.1) is 0 Å². The van der Waals surface area contributed by atoms with Crippen LogP contribution in [0.3, 0.4) is 0 Å². The summed E-state index contributed by atoms with van der Waals surface area (Å²) in [5, 5.41) is 9.41. The first-order chi connectivity index (χ1) is 9.24. The largest absolute Gasteiger partial charge is 0.465 e. The first-order valence-corrected chi connectivity index (χ1v) is 6.41. The van der Waals surface area contributed by atoms with Gasteiger partial charge in [-0.05, 0) is 29.2 Å². The van der Waals surface area contributed by atoms with Crippen LogP contribution < -0.4 is 0 Å². The van der Waals surface area contributed by atoms with Crippen LogP contribution in [0.4, 0.5) is 4.79 Å². The minimum Gasteiger partial charge on any atom is -0.465 e. The Kier molecular flexibility index (Phi) is 2.75. The topological polar surface area (TPSA) is 40.5 Å². The molecule has 2 aromatic rings. The number of amides is 1. The van der Waals surface area contributed by atoms with Crippen molar-refractivity contribution in [3.63, 3.8) is 0 Å². The van der Waals surface area contributed by atoms with Crippen LogP contribution in [0.25, 0.3) is 11.1 Å². The minimum absolute atomic E-state index is 0.185. The summed E-state index contributed by atoms with van der Waals surface area (Å²) in [6.45, 7) is 2.35. The van der Waals surface area contributed by atoms with Gasteiger partial charge < -0.3 is 5.11 Å². The zero-order valence-corrected chi connectivity index (χ0v) is 10.7. The molecule has 0 unspecified atom stereocenters. The summed E-state index contributed by atoms with van der Waals surface area (Å²) in [5.41, 5.74) is 4.44. The molecule has 0 radical (unpaired) electrons. The molecule has 0 bridgehead atoms. The van der Waals surface area contributed by atoms with Gasteiger partial charge in [0.15, 0.2) is 0 Å². The molecular weight excluding hydrogens is 238 g/mol. The molecule has 0 spiro atoms. The number of hydrogen-bond acceptors (Lipinski definition) is 1. The maximum atomic E-state index is 11.5. The Morgan fingerprint density at radius 2 is 1.53 bits per heavy atom. The molecule has 0 aromatic heterocycles. The lowest BCUT2D eigenvalue weighted by Crippen LogP contribution is -2.33. The first kappa shape index (κ1) is 11.8. The third kappa shape index (κ3) is 1.70. The SMILES string of the molecule is CCN(C(=O)O)C1c2ccccc2-c2ccccc21. The highest BCUT2D eigenvalue weighted by atomic mass is 16.4. The molecule has 0 fully saturated rings. The molecule has 2 aromatic carbocycles. The van der Waals surface area contributed by atoms with Crippen molar-refractivity contribution in [2.24, 2.45) is 0 Å². The summed E-state index contributed by atoms with van der Waals surface area (Å²) in [6.07, 6.45) is -0.876. The lowest BCUT2D eigenvalue weighted by Gasteiger charge is -2.26. The fraction of sp³-hybridized carbons (Fsp3) is 0.188. The summed E-state index contributed by atoms with van der Waals surface area (Å²) in [6, 6.07) is 15.9. The average Bonchev–Trinajstić information content (AvgIpc) is 2.75. The smallest absolute Gasteiger partial charge is 0.408 e. The van der Waals surface area contributed by atoms with Gasteiger partial charge in [-0.2, -0.15) is 0 Å². The lowest BCUT2D eigenvalue weighted by atomic mass is 10.0. The van der Waals surface area contributed by atoms with Crippen molar-refractivity contribution >= 4 is 6.09 Å². The maximum absolute atomic E-state index is 11.5. The molecular formula is C16H15NO2. The van der Waals surface area contributed by atoms with Gasteiger partial charge in [0.1, 0.15) is 0 Å². The molecule has 0 aliphatic heterocycles. The molecule has 0 heterocycles. The van der Waals surface area contributed by atoms with E-state index in [1.807, 2.05) is 43.3 Å². The summed E-state index contributed by atoms with van der Waals surface area (Å²) in [5.74, 6) is 0. The highest BCUT2D eigenvalue weighted by Crippen LogP contribution is 2.45. The van der Waals surface area contributed by atoms with E-state index < -0.39 is 6.09 Å². The van der Waals surface area contributed by atoms with Crippen LogP contribution in [-0.4, -0.2) is 22.6 Å². The Morgan fingerprint density at radius 1 is 1.05 bits per heavy atom. The standard InChI is InChI=1S/C16H15NO2/c1-2-17(16(18)19)15-13-9-5-3-7-11(13)12-8-4-6-10-14(12)15/h3-10,15H,2H2,1H3,(H,18,19). The quantitative estimate of drug-likeness (QED) is 0.885. The molecule has 0 saturated carbocycles. The Morgan fingerprint density at radius 3 is 1.95 bits per heavy atom. The van der Waals surface area contributed by atoms with Crippen LogP contribution in [0.15, 0.2) is 48.5 Å². The number of carboxylic acid groups (broad SMARTS) is 1. The molecule has 1 aliphatic rings. The molecule has 19 heavy (non-hydrogen) atoms. The molecule has 1 aliphatic carbocycles. The van der Waals surface area contributed by atoms with Gasteiger partial charge in [-0.25, -0.2) is 4.79 Å². The van der Waals surface area contributed by atoms with Crippen LogP contribution in [-0.2, 0) is 0 Å². The monoisotopic (exact) mass is 253 g/mol. The van der Waals surface area contributed by atoms with Crippen LogP contribution in [0.2, 0.25) is 0 Å². The molecule has 1 N–H and O–H groups in total. The summed E-state index contributed by atoms with van der Waals surface area (Å²) in [7, 11) is 0. The number of fused-ring (bicyclic) bond motifs is 3. The predicted octanol–water partition coefficient (Wildman–Crippen LogP) is 3.76. The van der Waals surface area contributed by atoms with Gasteiger partial charge in [0.05, 0.1) is 6.04 Å². The third-order valence-corrected chi connectivity index (χ3v) is 3.70. The van der Waals surface area contributed by atoms with Crippen LogP contribution in [0.5, 0.6) is 0 Å². The van der Waals surface area contributed by atoms with Crippen molar-refractivity contribution in [3.05, 3.63) is 59.7 Å². The van der Waals surface area contributed by atoms with Crippen molar-refractivity contribution in [2.75, 3.05) is 6.54 Å². The van der Waals surface area contributed by atoms with E-state index in [1.54, 1.807) is 0 Å². The normalized spacial score (nSPS) is 12.9. The Hall–Kier alpha value is -2.29. The first-order valence-electron chi connectivity index (χ1n) is 6.41. The van der Waals surface area contributed by atoms with Crippen molar-refractivity contribution in [1.29, 1.82) is 0 Å². The van der Waals surface area contributed by atoms with E-state index in [0.29, 0.717) is 6.54 Å². The molecule has 3 rings (SSSR count). The highest BCUT2D eigenvalue weighted by molar-refractivity contribution is 5.80. The molecule has 0 saturated heterocycles. The second-order valence-corrected chi connectivity index (χ2v) is 4.65. The van der Waals surface area contributed by atoms with Gasteiger partial charge in [0.2, 0.25) is 0 Å². The summed E-state index contributed by atoms with van der Waals surface area (Å²) < 4.78 is 0. The highest BCUT2D eigenvalue weighted by Gasteiger charge is 2.34. The van der Waals surface area contributed by atoms with Gasteiger partial charge in [-0.1, -0.05) is 48.5 Å². The Bertz CT molecular complexity index is 591. The zero-order valence-electron chi connectivity index (χ0n) is 10.7. The molecule has 3 heteroatoms. The average molecular weight is 253 g/mol. The van der Waals surface area contributed by atoms with E-state index in [0.717, 1.165) is 22.3 Å². The van der Waals surface area contributed by atoms with Crippen molar-refractivity contribution in [1.82, 2.24) is 4.90 Å². The van der Waals surface area contributed by atoms with E-state index in [4.69, 9.17) is 0 Å². The predicted molar refractivity (Wildman–Crippen MR) is 74.1 cm³/mol. The van der Waals surface area contributed by atoms with Crippen molar-refractivity contribution in [3.8, 4) is 11.1 Å². The summed E-state index contributed by atoms with van der Waals surface area (Å²) in [4.78, 5) is 13.0.